The Morgan fingerprint density at radius 3 is 2.67 bits per heavy atom. The molecule has 1 unspecified atom stereocenters. The molecular weight excluding hydrogens is 198 g/mol. The van der Waals surface area contributed by atoms with Crippen molar-refractivity contribution in [2.75, 3.05) is 26.9 Å². The number of methoxy groups -OCH3 is 1. The van der Waals surface area contributed by atoms with Crippen molar-refractivity contribution < 1.29 is 19.4 Å². The summed E-state index contributed by atoms with van der Waals surface area (Å²) in [7, 11) is 1.62. The third-order valence-corrected chi connectivity index (χ3v) is 2.68. The minimum Gasteiger partial charge on any atom is -0.480 e. The Balaban J connectivity index is 2.23. The molecule has 1 atom stereocenters. The number of rotatable bonds is 8. The second kappa shape index (κ2) is 5.44. The maximum atomic E-state index is 11.0. The molecule has 1 saturated carbocycles. The van der Waals surface area contributed by atoms with Gasteiger partial charge in [0.1, 0.15) is 5.54 Å². The molecule has 0 amide bonds. The van der Waals surface area contributed by atoms with Crippen LogP contribution < -0.4 is 5.73 Å². The van der Waals surface area contributed by atoms with Gasteiger partial charge in [0, 0.05) is 20.3 Å². The molecule has 0 aromatic heterocycles. The highest BCUT2D eigenvalue weighted by Gasteiger charge is 2.48. The standard InChI is InChI=1S/C10H19NO4/c1-14-5-2-6-15-7-10(11,9(12)13)8-3-4-8/h8H,2-7,11H2,1H3,(H,12,13). The van der Waals surface area contributed by atoms with E-state index < -0.39 is 11.5 Å². The Labute approximate surface area is 89.5 Å². The van der Waals surface area contributed by atoms with E-state index in [2.05, 4.69) is 0 Å². The van der Waals surface area contributed by atoms with Crippen LogP contribution in [0.3, 0.4) is 0 Å². The quantitative estimate of drug-likeness (QED) is 0.569. The second-order valence-corrected chi connectivity index (χ2v) is 4.02. The van der Waals surface area contributed by atoms with Gasteiger partial charge in [-0.1, -0.05) is 0 Å². The molecule has 1 rings (SSSR count). The minimum atomic E-state index is -1.19. The molecule has 0 aromatic rings. The lowest BCUT2D eigenvalue weighted by molar-refractivity contribution is -0.147. The molecule has 0 saturated heterocycles. The predicted octanol–water partition coefficient (Wildman–Crippen LogP) is 0.232. The van der Waals surface area contributed by atoms with Gasteiger partial charge in [-0.15, -0.1) is 0 Å². The van der Waals surface area contributed by atoms with E-state index >= 15 is 0 Å². The first-order valence-electron chi connectivity index (χ1n) is 5.20. The summed E-state index contributed by atoms with van der Waals surface area (Å²) in [6.45, 7) is 1.21. The summed E-state index contributed by atoms with van der Waals surface area (Å²) in [6.07, 6.45) is 2.55. The minimum absolute atomic E-state index is 0.0809. The Bertz CT molecular complexity index is 217. The van der Waals surface area contributed by atoms with Gasteiger partial charge in [0.05, 0.1) is 6.61 Å². The van der Waals surface area contributed by atoms with Crippen molar-refractivity contribution in [2.45, 2.75) is 24.8 Å². The highest BCUT2D eigenvalue weighted by molar-refractivity contribution is 5.79. The van der Waals surface area contributed by atoms with Crippen LogP contribution in [0.1, 0.15) is 19.3 Å². The van der Waals surface area contributed by atoms with Crippen LogP contribution in [0.2, 0.25) is 0 Å². The molecule has 88 valence electrons. The van der Waals surface area contributed by atoms with Gasteiger partial charge in [0.15, 0.2) is 0 Å². The molecule has 15 heavy (non-hydrogen) atoms. The molecule has 5 nitrogen and oxygen atoms in total. The molecule has 0 aromatic carbocycles. The van der Waals surface area contributed by atoms with E-state index in [-0.39, 0.29) is 12.5 Å². The molecule has 5 heteroatoms. The zero-order valence-corrected chi connectivity index (χ0v) is 9.07. The van der Waals surface area contributed by atoms with Crippen LogP contribution >= 0.6 is 0 Å². The molecule has 0 radical (unpaired) electrons. The van der Waals surface area contributed by atoms with E-state index in [9.17, 15) is 4.79 Å². The molecule has 0 heterocycles. The summed E-state index contributed by atoms with van der Waals surface area (Å²) in [5.41, 5.74) is 4.62. The first-order chi connectivity index (χ1) is 7.11. The fourth-order valence-corrected chi connectivity index (χ4v) is 1.50. The van der Waals surface area contributed by atoms with E-state index in [0.29, 0.717) is 13.2 Å². The zero-order chi connectivity index (χ0) is 11.3. The first kappa shape index (κ1) is 12.4. The lowest BCUT2D eigenvalue weighted by Crippen LogP contribution is -2.54. The van der Waals surface area contributed by atoms with Crippen molar-refractivity contribution in [1.82, 2.24) is 0 Å². The Hall–Kier alpha value is -0.650. The van der Waals surface area contributed by atoms with Gasteiger partial charge in [-0.3, -0.25) is 4.79 Å². The van der Waals surface area contributed by atoms with Crippen molar-refractivity contribution >= 4 is 5.97 Å². The third-order valence-electron chi connectivity index (χ3n) is 2.68. The predicted molar refractivity (Wildman–Crippen MR) is 54.6 cm³/mol. The van der Waals surface area contributed by atoms with Crippen LogP contribution in [0.4, 0.5) is 0 Å². The normalized spacial score (nSPS) is 19.9. The largest absolute Gasteiger partial charge is 0.480 e. The number of carboxylic acids is 1. The van der Waals surface area contributed by atoms with Gasteiger partial charge in [-0.2, -0.15) is 0 Å². The topological polar surface area (TPSA) is 81.8 Å². The molecule has 0 spiro atoms. The summed E-state index contributed by atoms with van der Waals surface area (Å²) in [6, 6.07) is 0. The summed E-state index contributed by atoms with van der Waals surface area (Å²) < 4.78 is 10.1. The molecule has 3 N–H and O–H groups in total. The molecule has 0 aliphatic heterocycles. The SMILES string of the molecule is COCCCOCC(N)(C(=O)O)C1CC1. The van der Waals surface area contributed by atoms with E-state index in [0.717, 1.165) is 19.3 Å². The Kier molecular flexibility index (Phi) is 4.50. The molecule has 1 aliphatic carbocycles. The zero-order valence-electron chi connectivity index (χ0n) is 9.07. The van der Waals surface area contributed by atoms with Gasteiger partial charge in [-0.25, -0.2) is 0 Å². The average molecular weight is 217 g/mol. The number of carbonyl (C=O) groups is 1. The van der Waals surface area contributed by atoms with Crippen LogP contribution in [0.25, 0.3) is 0 Å². The number of hydrogen-bond acceptors (Lipinski definition) is 4. The first-order valence-corrected chi connectivity index (χ1v) is 5.20. The lowest BCUT2D eigenvalue weighted by atomic mass is 9.96. The lowest BCUT2D eigenvalue weighted by Gasteiger charge is -2.24. The number of hydrogen-bond donors (Lipinski definition) is 2. The number of nitrogens with two attached hydrogens (primary N) is 1. The van der Waals surface area contributed by atoms with Gasteiger partial charge in [-0.05, 0) is 25.2 Å². The van der Waals surface area contributed by atoms with Crippen LogP contribution in [0, 0.1) is 5.92 Å². The number of ether oxygens (including phenoxy) is 2. The number of aliphatic carboxylic acids is 1. The number of carboxylic acid groups (broad SMARTS) is 1. The van der Waals surface area contributed by atoms with Gasteiger partial charge in [0.2, 0.25) is 0 Å². The summed E-state index contributed by atoms with van der Waals surface area (Å²) >= 11 is 0. The van der Waals surface area contributed by atoms with E-state index in [1.807, 2.05) is 0 Å². The molecule has 1 aliphatic rings. The molecule has 0 bridgehead atoms. The smallest absolute Gasteiger partial charge is 0.326 e. The van der Waals surface area contributed by atoms with Crippen molar-refractivity contribution in [3.05, 3.63) is 0 Å². The van der Waals surface area contributed by atoms with E-state index in [1.165, 1.54) is 0 Å². The Morgan fingerprint density at radius 2 is 2.20 bits per heavy atom. The van der Waals surface area contributed by atoms with Gasteiger partial charge >= 0.3 is 5.97 Å². The van der Waals surface area contributed by atoms with Crippen molar-refractivity contribution in [2.24, 2.45) is 11.7 Å². The summed E-state index contributed by atoms with van der Waals surface area (Å²) in [5.74, 6) is -0.880. The van der Waals surface area contributed by atoms with Crippen LogP contribution in [0.5, 0.6) is 0 Å². The highest BCUT2D eigenvalue weighted by Crippen LogP contribution is 2.38. The highest BCUT2D eigenvalue weighted by atomic mass is 16.5. The Morgan fingerprint density at radius 1 is 1.53 bits per heavy atom. The monoisotopic (exact) mass is 217 g/mol. The second-order valence-electron chi connectivity index (χ2n) is 4.02. The van der Waals surface area contributed by atoms with E-state index in [4.69, 9.17) is 20.3 Å². The average Bonchev–Trinajstić information content (AvgIpc) is 3.00. The maximum Gasteiger partial charge on any atom is 0.326 e. The molecular formula is C10H19NO4. The summed E-state index contributed by atoms with van der Waals surface area (Å²) in [4.78, 5) is 11.0. The van der Waals surface area contributed by atoms with Crippen molar-refractivity contribution in [3.63, 3.8) is 0 Å². The fourth-order valence-electron chi connectivity index (χ4n) is 1.50. The van der Waals surface area contributed by atoms with Crippen LogP contribution in [-0.2, 0) is 14.3 Å². The maximum absolute atomic E-state index is 11.0. The summed E-state index contributed by atoms with van der Waals surface area (Å²) in [5, 5.41) is 9.02. The van der Waals surface area contributed by atoms with Crippen LogP contribution in [0.15, 0.2) is 0 Å². The van der Waals surface area contributed by atoms with E-state index in [1.54, 1.807) is 7.11 Å². The third kappa shape index (κ3) is 3.44. The fraction of sp³-hybridized carbons (Fsp3) is 0.900. The van der Waals surface area contributed by atoms with Crippen LogP contribution in [-0.4, -0.2) is 43.5 Å². The van der Waals surface area contributed by atoms with Crippen molar-refractivity contribution in [1.29, 1.82) is 0 Å². The van der Waals surface area contributed by atoms with Crippen molar-refractivity contribution in [3.8, 4) is 0 Å². The van der Waals surface area contributed by atoms with Gasteiger partial charge in [0.25, 0.3) is 0 Å². The molecule has 1 fully saturated rings. The van der Waals surface area contributed by atoms with Gasteiger partial charge < -0.3 is 20.3 Å².